The van der Waals surface area contributed by atoms with Gasteiger partial charge in [0.15, 0.2) is 6.10 Å². The van der Waals surface area contributed by atoms with E-state index in [1.54, 1.807) is 24.6 Å². The predicted octanol–water partition coefficient (Wildman–Crippen LogP) is 2.56. The first-order chi connectivity index (χ1) is 18.2. The van der Waals surface area contributed by atoms with Crippen molar-refractivity contribution in [1.29, 1.82) is 0 Å². The molecule has 3 aliphatic rings. The number of ether oxygens (including phenoxy) is 1. The number of primary amides is 1. The van der Waals surface area contributed by atoms with E-state index in [2.05, 4.69) is 5.32 Å². The first-order valence-electron chi connectivity index (χ1n) is 12.9. The van der Waals surface area contributed by atoms with Crippen LogP contribution in [-0.4, -0.2) is 40.1 Å². The highest BCUT2D eigenvalue weighted by atomic mass is 19.1. The summed E-state index contributed by atoms with van der Waals surface area (Å²) in [6, 6.07) is 3.13. The molecule has 1 aromatic carbocycles. The second-order valence-corrected chi connectivity index (χ2v) is 9.31. The highest BCUT2D eigenvalue weighted by molar-refractivity contribution is 5.92. The van der Waals surface area contributed by atoms with E-state index in [0.29, 0.717) is 47.5 Å². The lowest BCUT2D eigenvalue weighted by Crippen LogP contribution is -2.32. The van der Waals surface area contributed by atoms with Gasteiger partial charge in [0.05, 0.1) is 29.0 Å². The third-order valence-electron chi connectivity index (χ3n) is 7.16. The van der Waals surface area contributed by atoms with Crippen LogP contribution in [0, 0.1) is 12.7 Å². The Bertz CT molecular complexity index is 1500. The summed E-state index contributed by atoms with van der Waals surface area (Å²) in [6.45, 7) is 6.72. The number of esters is 1. The number of aliphatic hydroxyl groups excluding tert-OH is 1. The highest BCUT2D eigenvalue weighted by Crippen LogP contribution is 2.41. The molecule has 38 heavy (non-hydrogen) atoms. The van der Waals surface area contributed by atoms with Gasteiger partial charge in [0.25, 0.3) is 5.56 Å². The number of aliphatic hydroxyl groups is 1. The molecule has 4 heterocycles. The summed E-state index contributed by atoms with van der Waals surface area (Å²) in [5.41, 5.74) is 10.7. The second-order valence-electron chi connectivity index (χ2n) is 9.31. The highest BCUT2D eigenvalue weighted by Gasteiger charge is 2.35. The molecule has 0 fully saturated rings. The van der Waals surface area contributed by atoms with Gasteiger partial charge in [-0.05, 0) is 56.0 Å². The normalized spacial score (nSPS) is 16.3. The molecular weight excluding hydrogens is 491 g/mol. The lowest BCUT2D eigenvalue weighted by molar-refractivity contribution is -0.157. The van der Waals surface area contributed by atoms with Crippen molar-refractivity contribution in [3.63, 3.8) is 0 Å². The van der Waals surface area contributed by atoms with Crippen LogP contribution in [0.25, 0.3) is 22.3 Å². The Morgan fingerprint density at radius 2 is 1.92 bits per heavy atom. The van der Waals surface area contributed by atoms with Crippen molar-refractivity contribution in [3.8, 4) is 11.4 Å². The Balaban J connectivity index is 0.000000328. The molecule has 0 saturated heterocycles. The van der Waals surface area contributed by atoms with E-state index < -0.39 is 12.1 Å². The molecule has 1 unspecified atom stereocenters. The van der Waals surface area contributed by atoms with Crippen LogP contribution >= 0.6 is 0 Å². The van der Waals surface area contributed by atoms with Gasteiger partial charge in [-0.3, -0.25) is 9.59 Å². The molecule has 2 aliphatic heterocycles. The first kappa shape index (κ1) is 27.4. The zero-order valence-corrected chi connectivity index (χ0v) is 22.1. The average molecular weight is 525 g/mol. The molecule has 10 heteroatoms. The van der Waals surface area contributed by atoms with Gasteiger partial charge >= 0.3 is 5.97 Å². The molecule has 0 radical (unpaired) electrons. The number of aromatic nitrogens is 2. The van der Waals surface area contributed by atoms with E-state index in [4.69, 9.17) is 15.5 Å². The maximum absolute atomic E-state index is 14.5. The molecule has 6 rings (SSSR count). The van der Waals surface area contributed by atoms with Crippen LogP contribution in [-0.2, 0) is 40.3 Å². The summed E-state index contributed by atoms with van der Waals surface area (Å²) in [6.07, 6.45) is 1.54. The molecule has 3 aromatic rings. The lowest BCUT2D eigenvalue weighted by Gasteiger charge is -2.22. The number of rotatable bonds is 3. The van der Waals surface area contributed by atoms with Gasteiger partial charge in [-0.1, -0.05) is 13.8 Å². The van der Waals surface area contributed by atoms with Crippen LogP contribution in [0.4, 0.5) is 4.39 Å². The van der Waals surface area contributed by atoms with Crippen LogP contribution in [0.2, 0.25) is 0 Å². The molecule has 202 valence electrons. The van der Waals surface area contributed by atoms with Crippen molar-refractivity contribution in [2.45, 2.75) is 65.7 Å². The largest absolute Gasteiger partial charge is 0.458 e. The smallest absolute Gasteiger partial charge is 0.340 e. The van der Waals surface area contributed by atoms with Gasteiger partial charge in [-0.15, -0.1) is 0 Å². The molecule has 1 aliphatic carbocycles. The zero-order chi connectivity index (χ0) is 27.7. The Labute approximate surface area is 219 Å². The average Bonchev–Trinajstić information content (AvgIpc) is 3.29. The van der Waals surface area contributed by atoms with E-state index in [0.717, 1.165) is 41.3 Å². The number of halogens is 1. The molecule has 0 saturated carbocycles. The standard InChI is InChI=1S/C22H17FN2O4.C4H10N2O.C2H6/c1-9-10-3-2-4-11-13-7-25-17(19(13)24-16(18(10)11)6-15(9)23)5-12-14(21(25)27)8-29-22(28)20(12)26;1-6-3-2-4(5)7;1-2/h5-6,20,26H,2-4,7-8H2,1H3;6H,2-3H2,1H3,(H2,5,7);1-2H3. The van der Waals surface area contributed by atoms with Crippen molar-refractivity contribution in [3.05, 3.63) is 61.7 Å². The van der Waals surface area contributed by atoms with Gasteiger partial charge in [-0.2, -0.15) is 0 Å². The molecule has 0 spiro atoms. The molecule has 2 aromatic heterocycles. The van der Waals surface area contributed by atoms with Crippen LogP contribution < -0.4 is 16.6 Å². The summed E-state index contributed by atoms with van der Waals surface area (Å²) in [5, 5.41) is 14.0. The van der Waals surface area contributed by atoms with Gasteiger partial charge in [0, 0.05) is 35.5 Å². The van der Waals surface area contributed by atoms with Crippen molar-refractivity contribution in [2.75, 3.05) is 13.6 Å². The maximum Gasteiger partial charge on any atom is 0.340 e. The predicted molar refractivity (Wildman–Crippen MR) is 141 cm³/mol. The molecule has 0 bridgehead atoms. The van der Waals surface area contributed by atoms with Gasteiger partial charge in [0.1, 0.15) is 12.4 Å². The molecule has 1 amide bonds. The number of hydrogen-bond donors (Lipinski definition) is 3. The molecule has 1 atom stereocenters. The number of pyridine rings is 2. The number of hydrogen-bond acceptors (Lipinski definition) is 7. The number of carbonyl (C=O) groups excluding carboxylic acids is 2. The maximum atomic E-state index is 14.5. The molecule has 9 nitrogen and oxygen atoms in total. The lowest BCUT2D eigenvalue weighted by atomic mass is 9.85. The zero-order valence-electron chi connectivity index (χ0n) is 22.1. The third-order valence-corrected chi connectivity index (χ3v) is 7.16. The number of carbonyl (C=O) groups is 2. The van der Waals surface area contributed by atoms with E-state index in [9.17, 15) is 23.9 Å². The number of cyclic esters (lactones) is 1. The number of nitrogens with one attached hydrogen (secondary N) is 1. The van der Waals surface area contributed by atoms with Crippen molar-refractivity contribution in [2.24, 2.45) is 5.73 Å². The number of benzene rings is 1. The number of nitrogens with two attached hydrogens (primary N) is 1. The fourth-order valence-electron chi connectivity index (χ4n) is 5.31. The SMILES string of the molecule is CC.CNCCC(N)=O.Cc1c(F)cc2nc3c(c4c2c1CCC4)Cn1c-3cc2c(c1=O)COC(=O)C2O. The minimum Gasteiger partial charge on any atom is -0.458 e. The summed E-state index contributed by atoms with van der Waals surface area (Å²) in [4.78, 5) is 39.5. The van der Waals surface area contributed by atoms with Gasteiger partial charge < -0.3 is 25.5 Å². The minimum atomic E-state index is -1.48. The Hall–Kier alpha value is -3.63. The van der Waals surface area contributed by atoms with Crippen LogP contribution in [0.5, 0.6) is 0 Å². The summed E-state index contributed by atoms with van der Waals surface area (Å²) in [7, 11) is 1.78. The van der Waals surface area contributed by atoms with E-state index >= 15 is 0 Å². The van der Waals surface area contributed by atoms with Crippen LogP contribution in [0.3, 0.4) is 0 Å². The second kappa shape index (κ2) is 11.0. The quantitative estimate of drug-likeness (QED) is 0.350. The molecule has 4 N–H and O–H groups in total. The third kappa shape index (κ3) is 4.58. The van der Waals surface area contributed by atoms with Crippen LogP contribution in [0.1, 0.15) is 66.2 Å². The van der Waals surface area contributed by atoms with E-state index in [1.165, 1.54) is 6.07 Å². The van der Waals surface area contributed by atoms with Gasteiger partial charge in [-0.25, -0.2) is 14.2 Å². The van der Waals surface area contributed by atoms with Crippen LogP contribution in [0.15, 0.2) is 16.9 Å². The number of amides is 1. The minimum absolute atomic E-state index is 0.141. The van der Waals surface area contributed by atoms with Gasteiger partial charge in [0.2, 0.25) is 5.91 Å². The van der Waals surface area contributed by atoms with E-state index in [-0.39, 0.29) is 29.5 Å². The van der Waals surface area contributed by atoms with Crippen molar-refractivity contribution in [1.82, 2.24) is 14.9 Å². The Morgan fingerprint density at radius 3 is 2.58 bits per heavy atom. The first-order valence-corrected chi connectivity index (χ1v) is 12.9. The Morgan fingerprint density at radius 1 is 1.21 bits per heavy atom. The summed E-state index contributed by atoms with van der Waals surface area (Å²) < 4.78 is 21.1. The topological polar surface area (TPSA) is 137 Å². The van der Waals surface area contributed by atoms with Crippen molar-refractivity contribution < 1.29 is 23.8 Å². The molecular formula is C28H33FN4O5. The fraction of sp³-hybridized carbons (Fsp3) is 0.429. The summed E-state index contributed by atoms with van der Waals surface area (Å²) >= 11 is 0. The summed E-state index contributed by atoms with van der Waals surface area (Å²) in [5.74, 6) is -1.29. The Kier molecular flexibility index (Phi) is 7.94. The number of fused-ring (bicyclic) bond motifs is 5. The van der Waals surface area contributed by atoms with E-state index in [1.807, 2.05) is 13.8 Å². The van der Waals surface area contributed by atoms with Crippen molar-refractivity contribution >= 4 is 22.8 Å². The number of aryl methyl sites for hydroxylation is 2. The number of nitrogens with zero attached hydrogens (tertiary/aromatic N) is 2. The fourth-order valence-corrected chi connectivity index (χ4v) is 5.31. The monoisotopic (exact) mass is 524 g/mol.